The largest absolute Gasteiger partial charge is 0.463 e. The number of hydrogen-bond donors (Lipinski definition) is 0. The normalized spacial score (nSPS) is 45.4. The molecule has 5 rings (SSSR count). The smallest absolute Gasteiger partial charge is 0.302 e. The molecular weight excluding hydrogens is 392 g/mol. The van der Waals surface area contributed by atoms with Gasteiger partial charge in [0, 0.05) is 6.92 Å². The number of carbonyl (C=O) groups is 1. The van der Waals surface area contributed by atoms with Gasteiger partial charge in [0.1, 0.15) is 6.10 Å². The number of fused-ring (bicyclic) bond motifs is 5. The molecule has 0 spiro atoms. The Morgan fingerprint density at radius 3 is 2.44 bits per heavy atom. The summed E-state index contributed by atoms with van der Waals surface area (Å²) < 4.78 is 5.66. The van der Waals surface area contributed by atoms with Crippen molar-refractivity contribution in [2.45, 2.75) is 104 Å². The summed E-state index contributed by atoms with van der Waals surface area (Å²) in [6, 6.07) is 11.1. The molecule has 0 amide bonds. The summed E-state index contributed by atoms with van der Waals surface area (Å²) in [4.78, 5) is 11.5. The number of aryl methyl sites for hydroxylation is 1. The molecule has 0 bridgehead atoms. The molecular formula is C30H44O2. The lowest BCUT2D eigenvalue weighted by molar-refractivity contribution is -0.162. The maximum absolute atomic E-state index is 11.5. The van der Waals surface area contributed by atoms with Gasteiger partial charge in [0.25, 0.3) is 0 Å². The minimum Gasteiger partial charge on any atom is -0.463 e. The van der Waals surface area contributed by atoms with Gasteiger partial charge in [0.05, 0.1) is 0 Å². The molecule has 0 heterocycles. The summed E-state index contributed by atoms with van der Waals surface area (Å²) in [7, 11) is 0. The van der Waals surface area contributed by atoms with Crippen LogP contribution in [0.3, 0.4) is 0 Å². The van der Waals surface area contributed by atoms with Crippen molar-refractivity contribution in [1.82, 2.24) is 0 Å². The fourth-order valence-corrected chi connectivity index (χ4v) is 9.40. The molecule has 4 fully saturated rings. The van der Waals surface area contributed by atoms with E-state index in [2.05, 4.69) is 51.1 Å². The zero-order valence-electron chi connectivity index (χ0n) is 20.9. The second kappa shape index (κ2) is 8.17. The predicted octanol–water partition coefficient (Wildman–Crippen LogP) is 7.60. The van der Waals surface area contributed by atoms with Crippen LogP contribution in [-0.4, -0.2) is 12.1 Å². The van der Waals surface area contributed by atoms with Gasteiger partial charge in [-0.2, -0.15) is 0 Å². The topological polar surface area (TPSA) is 26.3 Å². The van der Waals surface area contributed by atoms with E-state index in [0.29, 0.717) is 16.2 Å². The Labute approximate surface area is 195 Å². The zero-order valence-corrected chi connectivity index (χ0v) is 20.9. The van der Waals surface area contributed by atoms with Crippen LogP contribution in [0.4, 0.5) is 0 Å². The molecule has 0 N–H and O–H groups in total. The van der Waals surface area contributed by atoms with Crippen LogP contribution in [0.2, 0.25) is 0 Å². The summed E-state index contributed by atoms with van der Waals surface area (Å²) in [5.41, 5.74) is 2.95. The number of rotatable bonds is 4. The molecule has 32 heavy (non-hydrogen) atoms. The Kier molecular flexibility index (Phi) is 5.74. The van der Waals surface area contributed by atoms with Crippen molar-refractivity contribution >= 4 is 5.97 Å². The van der Waals surface area contributed by atoms with Crippen LogP contribution < -0.4 is 0 Å². The van der Waals surface area contributed by atoms with Gasteiger partial charge >= 0.3 is 5.97 Å². The first-order chi connectivity index (χ1) is 15.3. The van der Waals surface area contributed by atoms with Crippen LogP contribution in [-0.2, 0) is 16.0 Å². The average molecular weight is 437 g/mol. The molecule has 0 radical (unpaired) electrons. The van der Waals surface area contributed by atoms with Gasteiger partial charge < -0.3 is 4.74 Å². The highest BCUT2D eigenvalue weighted by Crippen LogP contribution is 2.71. The Hall–Kier alpha value is -1.31. The number of carbonyl (C=O) groups excluding carboxylic acids is 1. The zero-order chi connectivity index (χ0) is 22.6. The highest BCUT2D eigenvalue weighted by molar-refractivity contribution is 5.66. The van der Waals surface area contributed by atoms with Crippen LogP contribution >= 0.6 is 0 Å². The van der Waals surface area contributed by atoms with Crippen molar-refractivity contribution in [2.75, 3.05) is 0 Å². The minimum absolute atomic E-state index is 0.0959. The molecule has 176 valence electrons. The highest BCUT2D eigenvalue weighted by Gasteiger charge is 2.63. The summed E-state index contributed by atoms with van der Waals surface area (Å²) in [5, 5.41) is 0. The monoisotopic (exact) mass is 436 g/mol. The van der Waals surface area contributed by atoms with Crippen LogP contribution in [0, 0.1) is 39.9 Å². The van der Waals surface area contributed by atoms with E-state index in [1.807, 2.05) is 0 Å². The van der Waals surface area contributed by atoms with E-state index in [-0.39, 0.29) is 12.1 Å². The fraction of sp³-hybridized carbons (Fsp3) is 0.767. The molecule has 0 unspecified atom stereocenters. The highest BCUT2D eigenvalue weighted by atomic mass is 16.5. The van der Waals surface area contributed by atoms with Crippen molar-refractivity contribution < 1.29 is 9.53 Å². The first-order valence-corrected chi connectivity index (χ1v) is 13.5. The molecule has 0 aromatic heterocycles. The standard InChI is InChI=1S/C30H44O2/c1-21(31)32-24-13-18-29(3)23(20-24)10-11-25-26(29)15-19-30(4)27(25)14-17-28(30,2)16-12-22-8-6-5-7-9-22/h5-9,23-27H,10-20H2,1-4H3/t23-,24-,25+,26+,27-,28-,29-,30+/m1/s1. The number of ether oxygens (including phenoxy) is 1. The van der Waals surface area contributed by atoms with Crippen LogP contribution in [0.5, 0.6) is 0 Å². The van der Waals surface area contributed by atoms with E-state index in [9.17, 15) is 4.79 Å². The summed E-state index contributed by atoms with van der Waals surface area (Å²) >= 11 is 0. The third kappa shape index (κ3) is 3.55. The van der Waals surface area contributed by atoms with Gasteiger partial charge in [0.15, 0.2) is 0 Å². The third-order valence-electron chi connectivity index (χ3n) is 11.5. The number of benzene rings is 1. The maximum Gasteiger partial charge on any atom is 0.302 e. The van der Waals surface area contributed by atoms with E-state index < -0.39 is 0 Å². The van der Waals surface area contributed by atoms with Gasteiger partial charge in [-0.05, 0) is 116 Å². The predicted molar refractivity (Wildman–Crippen MR) is 130 cm³/mol. The lowest BCUT2D eigenvalue weighted by atomic mass is 9.43. The van der Waals surface area contributed by atoms with Crippen molar-refractivity contribution in [3.05, 3.63) is 35.9 Å². The summed E-state index contributed by atoms with van der Waals surface area (Å²) in [5.74, 6) is 3.36. The molecule has 0 aliphatic heterocycles. The number of hydrogen-bond acceptors (Lipinski definition) is 2. The molecule has 2 nitrogen and oxygen atoms in total. The van der Waals surface area contributed by atoms with Gasteiger partial charge in [-0.15, -0.1) is 0 Å². The van der Waals surface area contributed by atoms with Crippen LogP contribution in [0.1, 0.15) is 97.5 Å². The molecule has 4 saturated carbocycles. The van der Waals surface area contributed by atoms with Crippen molar-refractivity contribution in [2.24, 2.45) is 39.9 Å². The quantitative estimate of drug-likeness (QED) is 0.454. The van der Waals surface area contributed by atoms with Crippen molar-refractivity contribution in [3.8, 4) is 0 Å². The number of esters is 1. The van der Waals surface area contributed by atoms with Crippen LogP contribution in [0.15, 0.2) is 30.3 Å². The Morgan fingerprint density at radius 1 is 0.938 bits per heavy atom. The summed E-state index contributed by atoms with van der Waals surface area (Å²) in [6.45, 7) is 9.50. The van der Waals surface area contributed by atoms with Gasteiger partial charge in [0.2, 0.25) is 0 Å². The fourth-order valence-electron chi connectivity index (χ4n) is 9.40. The van der Waals surface area contributed by atoms with Crippen LogP contribution in [0.25, 0.3) is 0 Å². The Bertz CT molecular complexity index is 832. The van der Waals surface area contributed by atoms with Crippen molar-refractivity contribution in [3.63, 3.8) is 0 Å². The van der Waals surface area contributed by atoms with Gasteiger partial charge in [-0.1, -0.05) is 51.1 Å². The Balaban J connectivity index is 1.31. The van der Waals surface area contributed by atoms with E-state index in [4.69, 9.17) is 4.74 Å². The van der Waals surface area contributed by atoms with E-state index >= 15 is 0 Å². The molecule has 0 saturated heterocycles. The molecule has 4 aliphatic rings. The lowest BCUT2D eigenvalue weighted by Gasteiger charge is -2.62. The average Bonchev–Trinajstić information content (AvgIpc) is 3.04. The van der Waals surface area contributed by atoms with Gasteiger partial charge in [-0.25, -0.2) is 0 Å². The molecule has 4 aliphatic carbocycles. The SMILES string of the molecule is CC(=O)O[C@@H]1CC[C@]2(C)[C@H](CC[C@@H]3[C@H]4CC[C@@](C)(CCc5ccccc5)[C@@]4(C)CC[C@@H]32)C1. The molecule has 8 atom stereocenters. The van der Waals surface area contributed by atoms with E-state index in [0.717, 1.165) is 36.5 Å². The molecule has 2 heteroatoms. The third-order valence-corrected chi connectivity index (χ3v) is 11.5. The maximum atomic E-state index is 11.5. The molecule has 1 aromatic rings. The second-order valence-corrected chi connectivity index (χ2v) is 12.7. The molecule has 1 aromatic carbocycles. The van der Waals surface area contributed by atoms with Gasteiger partial charge in [-0.3, -0.25) is 4.79 Å². The minimum atomic E-state index is -0.0959. The first-order valence-electron chi connectivity index (χ1n) is 13.5. The second-order valence-electron chi connectivity index (χ2n) is 12.7. The van der Waals surface area contributed by atoms with E-state index in [1.54, 1.807) is 6.92 Å². The lowest BCUT2D eigenvalue weighted by Crippen LogP contribution is -2.55. The van der Waals surface area contributed by atoms with Crippen molar-refractivity contribution in [1.29, 1.82) is 0 Å². The Morgan fingerprint density at radius 2 is 1.69 bits per heavy atom. The first kappa shape index (κ1) is 22.5. The van der Waals surface area contributed by atoms with E-state index in [1.165, 1.54) is 63.4 Å². The summed E-state index contributed by atoms with van der Waals surface area (Å²) in [6.07, 6.45) is 14.6.